The van der Waals surface area contributed by atoms with Crippen molar-refractivity contribution in [3.63, 3.8) is 0 Å². The van der Waals surface area contributed by atoms with Crippen molar-refractivity contribution < 1.29 is 4.79 Å². The number of hydrogen-bond acceptors (Lipinski definition) is 5. The van der Waals surface area contributed by atoms with Crippen LogP contribution in [-0.4, -0.2) is 43.5 Å². The molecule has 0 radical (unpaired) electrons. The molecule has 0 unspecified atom stereocenters. The van der Waals surface area contributed by atoms with Crippen molar-refractivity contribution in [2.75, 3.05) is 13.6 Å². The van der Waals surface area contributed by atoms with E-state index in [0.29, 0.717) is 10.8 Å². The number of nitrogens with zero attached hydrogens (tertiary/aromatic N) is 5. The van der Waals surface area contributed by atoms with Gasteiger partial charge in [0.15, 0.2) is 0 Å². The first-order valence-corrected chi connectivity index (χ1v) is 8.03. The fourth-order valence-corrected chi connectivity index (χ4v) is 3.58. The summed E-state index contributed by atoms with van der Waals surface area (Å²) in [6, 6.07) is 0. The van der Waals surface area contributed by atoms with Gasteiger partial charge >= 0.3 is 0 Å². The molecule has 0 saturated carbocycles. The van der Waals surface area contributed by atoms with Gasteiger partial charge in [0, 0.05) is 39.0 Å². The van der Waals surface area contributed by atoms with Crippen LogP contribution < -0.4 is 0 Å². The molecule has 3 heterocycles. The lowest BCUT2D eigenvalue weighted by Crippen LogP contribution is -2.35. The third-order valence-electron chi connectivity index (χ3n) is 4.00. The Hall–Kier alpha value is -1.76. The molecule has 1 amide bonds. The molecule has 2 aromatic rings. The number of amides is 1. The molecule has 2 aromatic heterocycles. The highest BCUT2D eigenvalue weighted by atomic mass is 32.1. The largest absolute Gasteiger partial charge is 0.341 e. The normalized spacial score (nSPS) is 17.5. The zero-order valence-corrected chi connectivity index (χ0v) is 13.1. The highest BCUT2D eigenvalue weighted by molar-refractivity contribution is 7.07. The summed E-state index contributed by atoms with van der Waals surface area (Å²) in [6.07, 6.45) is 6.68. The predicted molar refractivity (Wildman–Crippen MR) is 80.3 cm³/mol. The average molecular weight is 305 g/mol. The van der Waals surface area contributed by atoms with Crippen molar-refractivity contribution >= 4 is 17.4 Å². The van der Waals surface area contributed by atoms with Crippen molar-refractivity contribution in [2.45, 2.75) is 32.7 Å². The maximum absolute atomic E-state index is 12.5. The molecule has 3 rings (SSSR count). The molecule has 21 heavy (non-hydrogen) atoms. The number of fused-ring (bicyclic) bond motifs is 1. The van der Waals surface area contributed by atoms with Crippen molar-refractivity contribution in [2.24, 2.45) is 5.92 Å². The smallest absolute Gasteiger partial charge is 0.267 e. The summed E-state index contributed by atoms with van der Waals surface area (Å²) < 4.78 is 6.09. The number of aryl methyl sites for hydroxylation is 2. The number of rotatable bonds is 4. The molecule has 1 aliphatic rings. The van der Waals surface area contributed by atoms with Gasteiger partial charge in [-0.2, -0.15) is 0 Å². The zero-order valence-electron chi connectivity index (χ0n) is 12.3. The van der Waals surface area contributed by atoms with Gasteiger partial charge in [-0.1, -0.05) is 11.4 Å². The number of imidazole rings is 1. The maximum atomic E-state index is 12.5. The second-order valence-corrected chi connectivity index (χ2v) is 6.24. The lowest BCUT2D eigenvalue weighted by atomic mass is 9.99. The Morgan fingerprint density at radius 3 is 3.24 bits per heavy atom. The summed E-state index contributed by atoms with van der Waals surface area (Å²) in [5.41, 5.74) is 0.803. The van der Waals surface area contributed by atoms with Crippen molar-refractivity contribution in [1.82, 2.24) is 24.0 Å². The Morgan fingerprint density at radius 2 is 2.43 bits per heavy atom. The molecule has 1 atom stereocenters. The molecule has 6 nitrogen and oxygen atoms in total. The minimum atomic E-state index is 0.0401. The summed E-state index contributed by atoms with van der Waals surface area (Å²) >= 11 is 1.20. The standard InChI is InChI=1S/C14H19N5OS/c1-3-11-13(21-17-16-11)14(20)18(2)8-10-4-5-12-15-6-7-19(12)9-10/h6-7,10H,3-5,8-9H2,1-2H3/t10-/m1/s1. The Bertz CT molecular complexity index is 635. The van der Waals surface area contributed by atoms with E-state index in [1.807, 2.05) is 26.4 Å². The molecule has 0 aromatic carbocycles. The number of hydrogen-bond donors (Lipinski definition) is 0. The van der Waals surface area contributed by atoms with Crippen LogP contribution in [0.2, 0.25) is 0 Å². The van der Waals surface area contributed by atoms with Crippen LogP contribution in [0.3, 0.4) is 0 Å². The molecule has 0 aliphatic carbocycles. The molecule has 0 bridgehead atoms. The summed E-state index contributed by atoms with van der Waals surface area (Å²) in [4.78, 5) is 19.3. The molecule has 1 aliphatic heterocycles. The lowest BCUT2D eigenvalue weighted by molar-refractivity contribution is 0.0764. The van der Waals surface area contributed by atoms with Gasteiger partial charge in [-0.15, -0.1) is 5.10 Å². The topological polar surface area (TPSA) is 63.9 Å². The number of carbonyl (C=O) groups is 1. The molecule has 0 N–H and O–H groups in total. The van der Waals surface area contributed by atoms with E-state index >= 15 is 0 Å². The van der Waals surface area contributed by atoms with Gasteiger partial charge in [-0.25, -0.2) is 4.98 Å². The van der Waals surface area contributed by atoms with Crippen LogP contribution >= 0.6 is 11.5 Å². The van der Waals surface area contributed by atoms with Crippen LogP contribution in [0.15, 0.2) is 12.4 Å². The first-order valence-electron chi connectivity index (χ1n) is 7.25. The fourth-order valence-electron chi connectivity index (χ4n) is 2.83. The minimum Gasteiger partial charge on any atom is -0.341 e. The van der Waals surface area contributed by atoms with Gasteiger partial charge in [0.25, 0.3) is 5.91 Å². The molecular formula is C14H19N5OS. The van der Waals surface area contributed by atoms with E-state index in [1.165, 1.54) is 11.5 Å². The van der Waals surface area contributed by atoms with E-state index in [0.717, 1.165) is 43.9 Å². The highest BCUT2D eigenvalue weighted by Gasteiger charge is 2.24. The first kappa shape index (κ1) is 14.2. The summed E-state index contributed by atoms with van der Waals surface area (Å²) in [5, 5.41) is 4.02. The van der Waals surface area contributed by atoms with Gasteiger partial charge in [0.1, 0.15) is 10.7 Å². The van der Waals surface area contributed by atoms with E-state index in [4.69, 9.17) is 0 Å². The van der Waals surface area contributed by atoms with Crippen molar-refractivity contribution in [3.8, 4) is 0 Å². The molecule has 112 valence electrons. The van der Waals surface area contributed by atoms with Gasteiger partial charge in [0.2, 0.25) is 0 Å². The van der Waals surface area contributed by atoms with E-state index < -0.39 is 0 Å². The second kappa shape index (κ2) is 5.93. The predicted octanol–water partition coefficient (Wildman–Crippen LogP) is 1.63. The van der Waals surface area contributed by atoms with Crippen LogP contribution in [0, 0.1) is 5.92 Å². The Kier molecular flexibility index (Phi) is 4.01. The monoisotopic (exact) mass is 305 g/mol. The van der Waals surface area contributed by atoms with Crippen molar-refractivity contribution in [1.29, 1.82) is 0 Å². The van der Waals surface area contributed by atoms with E-state index in [2.05, 4.69) is 19.1 Å². The second-order valence-electron chi connectivity index (χ2n) is 5.49. The first-order chi connectivity index (χ1) is 10.2. The van der Waals surface area contributed by atoms with Gasteiger partial charge in [-0.3, -0.25) is 4.79 Å². The Labute approximate surface area is 128 Å². The molecule has 0 saturated heterocycles. The Balaban J connectivity index is 1.64. The van der Waals surface area contributed by atoms with Crippen LogP contribution in [0.1, 0.15) is 34.5 Å². The summed E-state index contributed by atoms with van der Waals surface area (Å²) in [6.45, 7) is 3.70. The summed E-state index contributed by atoms with van der Waals surface area (Å²) in [5.74, 6) is 1.67. The van der Waals surface area contributed by atoms with Crippen LogP contribution in [0.5, 0.6) is 0 Å². The summed E-state index contributed by atoms with van der Waals surface area (Å²) in [7, 11) is 1.87. The third-order valence-corrected chi connectivity index (χ3v) is 4.75. The highest BCUT2D eigenvalue weighted by Crippen LogP contribution is 2.21. The molecule has 7 heteroatoms. The number of aromatic nitrogens is 4. The van der Waals surface area contributed by atoms with E-state index in [1.54, 1.807) is 4.90 Å². The zero-order chi connectivity index (χ0) is 14.8. The minimum absolute atomic E-state index is 0.0401. The van der Waals surface area contributed by atoms with Crippen LogP contribution in [0.4, 0.5) is 0 Å². The Morgan fingerprint density at radius 1 is 1.57 bits per heavy atom. The molecular weight excluding hydrogens is 286 g/mol. The average Bonchev–Trinajstić information content (AvgIpc) is 3.14. The fraction of sp³-hybridized carbons (Fsp3) is 0.571. The quantitative estimate of drug-likeness (QED) is 0.861. The van der Waals surface area contributed by atoms with E-state index in [-0.39, 0.29) is 5.91 Å². The molecule has 0 spiro atoms. The third kappa shape index (κ3) is 2.83. The lowest BCUT2D eigenvalue weighted by Gasteiger charge is -2.28. The van der Waals surface area contributed by atoms with Crippen molar-refractivity contribution in [3.05, 3.63) is 28.8 Å². The van der Waals surface area contributed by atoms with E-state index in [9.17, 15) is 4.79 Å². The van der Waals surface area contributed by atoms with Gasteiger partial charge in [-0.05, 0) is 30.3 Å². The van der Waals surface area contributed by atoms with Gasteiger partial charge in [0.05, 0.1) is 5.69 Å². The number of carbonyl (C=O) groups excluding carboxylic acids is 1. The molecule has 0 fully saturated rings. The van der Waals surface area contributed by atoms with Crippen LogP contribution in [0.25, 0.3) is 0 Å². The SMILES string of the molecule is CCc1nnsc1C(=O)N(C)C[C@H]1CCc2nccn2C1. The van der Waals surface area contributed by atoms with Gasteiger partial charge < -0.3 is 9.47 Å². The maximum Gasteiger partial charge on any atom is 0.267 e. The van der Waals surface area contributed by atoms with Crippen LogP contribution in [-0.2, 0) is 19.4 Å².